The van der Waals surface area contributed by atoms with Crippen molar-refractivity contribution < 1.29 is 9.59 Å². The van der Waals surface area contributed by atoms with E-state index in [0.29, 0.717) is 5.75 Å². The van der Waals surface area contributed by atoms with Crippen molar-refractivity contribution in [1.29, 1.82) is 0 Å². The second-order valence-electron chi connectivity index (χ2n) is 4.60. The number of amides is 2. The second-order valence-corrected chi connectivity index (χ2v) is 5.45. The number of hydrogen-bond acceptors (Lipinski definition) is 4. The third-order valence-corrected chi connectivity index (χ3v) is 2.94. The van der Waals surface area contributed by atoms with E-state index < -0.39 is 6.04 Å². The maximum atomic E-state index is 11.9. The molecular formula is C11H23BN3O2S. The van der Waals surface area contributed by atoms with Crippen LogP contribution in [0.4, 0.5) is 0 Å². The third kappa shape index (κ3) is 7.60. The lowest BCUT2D eigenvalue weighted by atomic mass is 10.0. The van der Waals surface area contributed by atoms with Gasteiger partial charge in [0.15, 0.2) is 0 Å². The lowest BCUT2D eigenvalue weighted by Crippen LogP contribution is -2.51. The second kappa shape index (κ2) is 9.27. The zero-order chi connectivity index (χ0) is 14.1. The molecule has 18 heavy (non-hydrogen) atoms. The van der Waals surface area contributed by atoms with Crippen molar-refractivity contribution in [2.75, 3.05) is 5.75 Å². The van der Waals surface area contributed by atoms with Crippen molar-refractivity contribution in [3.63, 3.8) is 0 Å². The maximum Gasteiger partial charge on any atom is 0.243 e. The largest absolute Gasteiger partial charge is 0.352 e. The van der Waals surface area contributed by atoms with Gasteiger partial charge in [-0.2, -0.15) is 0 Å². The summed E-state index contributed by atoms with van der Waals surface area (Å²) < 4.78 is 2.95. The highest BCUT2D eigenvalue weighted by Gasteiger charge is 2.22. The smallest absolute Gasteiger partial charge is 0.243 e. The topological polar surface area (TPSA) is 70.2 Å². The van der Waals surface area contributed by atoms with Crippen molar-refractivity contribution in [3.8, 4) is 0 Å². The predicted molar refractivity (Wildman–Crippen MR) is 77.3 cm³/mol. The van der Waals surface area contributed by atoms with Crippen LogP contribution in [0.2, 0.25) is 6.82 Å². The van der Waals surface area contributed by atoms with Gasteiger partial charge in [-0.1, -0.05) is 32.6 Å². The fourth-order valence-corrected chi connectivity index (χ4v) is 1.79. The first-order valence-corrected chi connectivity index (χ1v) is 7.13. The molecular weight excluding hydrogens is 249 g/mol. The molecule has 7 heteroatoms. The van der Waals surface area contributed by atoms with Crippen LogP contribution in [-0.4, -0.2) is 37.1 Å². The lowest BCUT2D eigenvalue weighted by Gasteiger charge is -2.20. The summed E-state index contributed by atoms with van der Waals surface area (Å²) >= 11 is 1.39. The molecule has 0 unspecified atom stereocenters. The molecule has 0 aliphatic rings. The lowest BCUT2D eigenvalue weighted by molar-refractivity contribution is -0.130. The molecule has 3 N–H and O–H groups in total. The Hall–Kier alpha value is -0.685. The first-order valence-electron chi connectivity index (χ1n) is 6.14. The molecule has 0 bridgehead atoms. The molecule has 1 radical (unpaired) electrons. The minimum Gasteiger partial charge on any atom is -0.352 e. The first kappa shape index (κ1) is 17.3. The average Bonchev–Trinajstić information content (AvgIpc) is 2.26. The summed E-state index contributed by atoms with van der Waals surface area (Å²) in [6, 6.07) is -0.452. The van der Waals surface area contributed by atoms with Crippen molar-refractivity contribution in [2.24, 2.45) is 5.92 Å². The standard InChI is InChI=1S/C11H23BN3O2S/c1-7(2)10(16)14-9(6-18-15-12-5)11(17)13-8(3)4/h7-9,15H,6H2,1-5H3,(H,13,17)(H,14,16)/t9-/m0/s1. The maximum absolute atomic E-state index is 11.9. The summed E-state index contributed by atoms with van der Waals surface area (Å²) in [6.07, 6.45) is 0. The highest BCUT2D eigenvalue weighted by molar-refractivity contribution is 7.98. The molecule has 0 aliphatic carbocycles. The summed E-state index contributed by atoms with van der Waals surface area (Å²) in [7, 11) is 1.78. The Kier molecular flexibility index (Phi) is 8.92. The van der Waals surface area contributed by atoms with Crippen LogP contribution in [0.25, 0.3) is 0 Å². The Balaban J connectivity index is 4.41. The normalized spacial score (nSPS) is 12.4. The Bertz CT molecular complexity index is 275. The number of carbonyl (C=O) groups excluding carboxylic acids is 2. The highest BCUT2D eigenvalue weighted by atomic mass is 32.2. The van der Waals surface area contributed by atoms with Crippen LogP contribution < -0.4 is 15.3 Å². The first-order chi connectivity index (χ1) is 8.38. The Labute approximate surface area is 115 Å². The van der Waals surface area contributed by atoms with E-state index in [4.69, 9.17) is 0 Å². The van der Waals surface area contributed by atoms with Gasteiger partial charge in [-0.05, 0) is 13.8 Å². The Morgan fingerprint density at radius 3 is 2.17 bits per heavy atom. The molecule has 0 aromatic carbocycles. The van der Waals surface area contributed by atoms with Gasteiger partial charge in [0.25, 0.3) is 0 Å². The van der Waals surface area contributed by atoms with E-state index in [2.05, 4.69) is 15.3 Å². The van der Waals surface area contributed by atoms with Gasteiger partial charge in [-0.15, -0.1) is 0 Å². The van der Waals surface area contributed by atoms with Crippen LogP contribution in [0, 0.1) is 5.92 Å². The quantitative estimate of drug-likeness (QED) is 0.343. The molecule has 0 fully saturated rings. The van der Waals surface area contributed by atoms with Gasteiger partial charge < -0.3 is 15.3 Å². The van der Waals surface area contributed by atoms with Crippen LogP contribution in [-0.2, 0) is 9.59 Å². The Morgan fingerprint density at radius 1 is 1.11 bits per heavy atom. The van der Waals surface area contributed by atoms with Gasteiger partial charge in [0.05, 0.1) is 0 Å². The van der Waals surface area contributed by atoms with E-state index in [1.54, 1.807) is 21.3 Å². The van der Waals surface area contributed by atoms with E-state index in [1.807, 2.05) is 20.7 Å². The van der Waals surface area contributed by atoms with Gasteiger partial charge in [0, 0.05) is 17.7 Å². The molecule has 5 nitrogen and oxygen atoms in total. The molecule has 0 spiro atoms. The van der Waals surface area contributed by atoms with E-state index in [0.717, 1.165) is 0 Å². The summed E-state index contributed by atoms with van der Waals surface area (Å²) in [4.78, 5) is 23.6. The van der Waals surface area contributed by atoms with Gasteiger partial charge in [-0.3, -0.25) is 9.59 Å². The summed E-state index contributed by atoms with van der Waals surface area (Å²) in [5.41, 5.74) is 0. The highest BCUT2D eigenvalue weighted by Crippen LogP contribution is 2.01. The minimum atomic E-state index is -0.514. The Morgan fingerprint density at radius 2 is 1.72 bits per heavy atom. The van der Waals surface area contributed by atoms with Crippen LogP contribution in [0.5, 0.6) is 0 Å². The molecule has 103 valence electrons. The molecule has 0 saturated heterocycles. The molecule has 0 heterocycles. The summed E-state index contributed by atoms with van der Waals surface area (Å²) in [5, 5.41) is 5.56. The molecule has 1 atom stereocenters. The van der Waals surface area contributed by atoms with E-state index in [1.165, 1.54) is 11.9 Å². The molecule has 0 rings (SSSR count). The zero-order valence-corrected chi connectivity index (χ0v) is 12.6. The van der Waals surface area contributed by atoms with Crippen molar-refractivity contribution in [2.45, 2.75) is 46.6 Å². The van der Waals surface area contributed by atoms with Crippen LogP contribution in [0.1, 0.15) is 27.7 Å². The SMILES string of the molecule is C[B]NSC[C@H](NC(=O)C(C)C)C(=O)NC(C)C. The molecule has 0 aliphatic heterocycles. The van der Waals surface area contributed by atoms with Crippen LogP contribution >= 0.6 is 11.9 Å². The minimum absolute atomic E-state index is 0.0617. The molecule has 0 aromatic rings. The van der Waals surface area contributed by atoms with Crippen molar-refractivity contribution in [1.82, 2.24) is 15.3 Å². The number of nitrogens with one attached hydrogen (secondary N) is 3. The van der Waals surface area contributed by atoms with Crippen molar-refractivity contribution >= 4 is 31.2 Å². The zero-order valence-electron chi connectivity index (χ0n) is 11.7. The summed E-state index contributed by atoms with van der Waals surface area (Å²) in [5.74, 6) is 0.0980. The number of rotatable bonds is 8. The monoisotopic (exact) mass is 272 g/mol. The van der Waals surface area contributed by atoms with Crippen molar-refractivity contribution in [3.05, 3.63) is 0 Å². The third-order valence-electron chi connectivity index (χ3n) is 2.04. The van der Waals surface area contributed by atoms with Crippen LogP contribution in [0.3, 0.4) is 0 Å². The predicted octanol–water partition coefficient (Wildman–Crippen LogP) is 0.557. The van der Waals surface area contributed by atoms with Gasteiger partial charge in [0.2, 0.25) is 19.2 Å². The fourth-order valence-electron chi connectivity index (χ4n) is 1.12. The molecule has 0 saturated carbocycles. The number of carbonyl (C=O) groups is 2. The fraction of sp³-hybridized carbons (Fsp3) is 0.818. The van der Waals surface area contributed by atoms with Gasteiger partial charge in [-0.25, -0.2) is 0 Å². The number of hydrogen-bond donors (Lipinski definition) is 3. The van der Waals surface area contributed by atoms with E-state index in [-0.39, 0.29) is 23.8 Å². The van der Waals surface area contributed by atoms with Crippen LogP contribution in [0.15, 0.2) is 0 Å². The van der Waals surface area contributed by atoms with Gasteiger partial charge >= 0.3 is 0 Å². The van der Waals surface area contributed by atoms with E-state index in [9.17, 15) is 9.59 Å². The average molecular weight is 272 g/mol. The van der Waals surface area contributed by atoms with Gasteiger partial charge in [0.1, 0.15) is 6.04 Å². The summed E-state index contributed by atoms with van der Waals surface area (Å²) in [6.45, 7) is 9.26. The van der Waals surface area contributed by atoms with E-state index >= 15 is 0 Å². The molecule has 0 aromatic heterocycles. The molecule has 2 amide bonds.